The van der Waals surface area contributed by atoms with Crippen LogP contribution in [0, 0.1) is 6.92 Å². The molecule has 8 heteroatoms. The molecule has 2 N–H and O–H groups in total. The third kappa shape index (κ3) is 4.53. The van der Waals surface area contributed by atoms with Crippen molar-refractivity contribution in [2.24, 2.45) is 0 Å². The van der Waals surface area contributed by atoms with Crippen molar-refractivity contribution < 1.29 is 14.6 Å². The van der Waals surface area contributed by atoms with Gasteiger partial charge < -0.3 is 20.1 Å². The smallest absolute Gasteiger partial charge is 0.261 e. The average molecular weight is 447 g/mol. The van der Waals surface area contributed by atoms with Gasteiger partial charge in [-0.05, 0) is 64.4 Å². The van der Waals surface area contributed by atoms with Crippen LogP contribution >= 0.6 is 11.3 Å². The fraction of sp³-hybridized carbons (Fsp3) is 0.739. The van der Waals surface area contributed by atoms with Crippen LogP contribution in [0.15, 0.2) is 6.07 Å². The number of hydrogen-bond acceptors (Lipinski definition) is 6. The molecule has 1 aliphatic carbocycles. The van der Waals surface area contributed by atoms with Crippen LogP contribution in [0.25, 0.3) is 10.2 Å². The number of carbonyl (C=O) groups excluding carboxylic acids is 1. The number of aliphatic hydroxyl groups excluding tert-OH is 1. The van der Waals surface area contributed by atoms with Crippen molar-refractivity contribution in [3.63, 3.8) is 0 Å². The largest absolute Gasteiger partial charge is 0.393 e. The van der Waals surface area contributed by atoms with Gasteiger partial charge in [0, 0.05) is 43.8 Å². The molecule has 0 unspecified atom stereocenters. The van der Waals surface area contributed by atoms with Crippen molar-refractivity contribution in [2.45, 2.75) is 82.5 Å². The third-order valence-corrected chi connectivity index (χ3v) is 8.50. The number of nitrogens with zero attached hydrogens (tertiary/aromatic N) is 3. The fourth-order valence-corrected chi connectivity index (χ4v) is 6.59. The van der Waals surface area contributed by atoms with E-state index in [-0.39, 0.29) is 18.1 Å². The lowest BCUT2D eigenvalue weighted by molar-refractivity contribution is 0.0470. The van der Waals surface area contributed by atoms with Crippen LogP contribution in [0.1, 0.15) is 72.8 Å². The van der Waals surface area contributed by atoms with Gasteiger partial charge >= 0.3 is 0 Å². The molecule has 1 saturated carbocycles. The van der Waals surface area contributed by atoms with Gasteiger partial charge in [-0.15, -0.1) is 11.3 Å². The van der Waals surface area contributed by atoms with Gasteiger partial charge in [0.05, 0.1) is 22.7 Å². The summed E-state index contributed by atoms with van der Waals surface area (Å²) in [6.45, 7) is 5.62. The Balaban J connectivity index is 1.20. The summed E-state index contributed by atoms with van der Waals surface area (Å²) >= 11 is 1.57. The van der Waals surface area contributed by atoms with Gasteiger partial charge in [0.25, 0.3) is 5.91 Å². The molecule has 2 saturated heterocycles. The number of aliphatic hydroxyl groups is 1. The second-order valence-corrected chi connectivity index (χ2v) is 10.5. The third-order valence-electron chi connectivity index (χ3n) is 7.38. The molecular weight excluding hydrogens is 412 g/mol. The molecule has 0 aromatic carbocycles. The van der Waals surface area contributed by atoms with Gasteiger partial charge in [0.15, 0.2) is 0 Å². The summed E-state index contributed by atoms with van der Waals surface area (Å²) in [4.78, 5) is 17.5. The quantitative estimate of drug-likeness (QED) is 0.754. The topological polar surface area (TPSA) is 79.6 Å². The lowest BCUT2D eigenvalue weighted by Crippen LogP contribution is -2.47. The Hall–Kier alpha value is -1.48. The minimum atomic E-state index is -0.115. The zero-order valence-corrected chi connectivity index (χ0v) is 19.2. The zero-order chi connectivity index (χ0) is 21.4. The second-order valence-electron chi connectivity index (χ2n) is 9.45. The molecular formula is C23H34N4O3S. The molecule has 170 valence electrons. The summed E-state index contributed by atoms with van der Waals surface area (Å²) in [6.07, 6.45) is 7.97. The Morgan fingerprint density at radius 2 is 1.81 bits per heavy atom. The predicted octanol–water partition coefficient (Wildman–Crippen LogP) is 3.26. The summed E-state index contributed by atoms with van der Waals surface area (Å²) in [5.74, 6) is 0.0590. The summed E-state index contributed by atoms with van der Waals surface area (Å²) < 4.78 is 7.64. The normalized spacial score (nSPS) is 27.0. The van der Waals surface area contributed by atoms with Crippen LogP contribution in [0.4, 0.5) is 0 Å². The first-order valence-electron chi connectivity index (χ1n) is 11.9. The van der Waals surface area contributed by atoms with E-state index in [1.54, 1.807) is 11.3 Å². The van der Waals surface area contributed by atoms with Crippen molar-refractivity contribution in [3.8, 4) is 0 Å². The maximum Gasteiger partial charge on any atom is 0.261 e. The zero-order valence-electron chi connectivity index (χ0n) is 18.4. The maximum atomic E-state index is 13.0. The van der Waals surface area contributed by atoms with Gasteiger partial charge in [-0.1, -0.05) is 0 Å². The van der Waals surface area contributed by atoms with Crippen molar-refractivity contribution in [1.82, 2.24) is 20.0 Å². The van der Waals surface area contributed by atoms with Gasteiger partial charge in [-0.2, -0.15) is 5.10 Å². The summed E-state index contributed by atoms with van der Waals surface area (Å²) in [6, 6.07) is 3.26. The van der Waals surface area contributed by atoms with Crippen LogP contribution in [0.5, 0.6) is 0 Å². The van der Waals surface area contributed by atoms with Crippen LogP contribution in [-0.4, -0.2) is 70.2 Å². The molecule has 2 aromatic heterocycles. The van der Waals surface area contributed by atoms with Crippen molar-refractivity contribution >= 4 is 27.5 Å². The molecule has 31 heavy (non-hydrogen) atoms. The fourth-order valence-electron chi connectivity index (χ4n) is 5.45. The van der Waals surface area contributed by atoms with Crippen LogP contribution in [0.3, 0.4) is 0 Å². The number of hydrogen-bond donors (Lipinski definition) is 2. The van der Waals surface area contributed by atoms with E-state index in [0.717, 1.165) is 98.5 Å². The highest BCUT2D eigenvalue weighted by molar-refractivity contribution is 7.20. The molecule has 7 nitrogen and oxygen atoms in total. The highest BCUT2D eigenvalue weighted by Crippen LogP contribution is 2.33. The van der Waals surface area contributed by atoms with Gasteiger partial charge in [0.1, 0.15) is 4.83 Å². The van der Waals surface area contributed by atoms with E-state index < -0.39 is 0 Å². The summed E-state index contributed by atoms with van der Waals surface area (Å²) in [7, 11) is 0. The first kappa shape index (κ1) is 21.4. The van der Waals surface area contributed by atoms with Gasteiger partial charge in [0.2, 0.25) is 0 Å². The van der Waals surface area contributed by atoms with Crippen LogP contribution < -0.4 is 5.32 Å². The van der Waals surface area contributed by atoms with E-state index in [1.165, 1.54) is 0 Å². The second kappa shape index (κ2) is 9.17. The minimum Gasteiger partial charge on any atom is -0.393 e. The molecule has 3 fully saturated rings. The molecule has 4 heterocycles. The molecule has 0 bridgehead atoms. The number of rotatable bonds is 4. The van der Waals surface area contributed by atoms with Crippen LogP contribution in [-0.2, 0) is 4.74 Å². The number of fused-ring (bicyclic) bond motifs is 1. The van der Waals surface area contributed by atoms with E-state index in [0.29, 0.717) is 12.1 Å². The van der Waals surface area contributed by atoms with Crippen molar-refractivity contribution in [3.05, 3.63) is 16.6 Å². The summed E-state index contributed by atoms with van der Waals surface area (Å²) in [5.41, 5.74) is 1.00. The monoisotopic (exact) mass is 446 g/mol. The lowest BCUT2D eigenvalue weighted by atomic mass is 9.89. The first-order chi connectivity index (χ1) is 15.1. The molecule has 2 aromatic rings. The Morgan fingerprint density at radius 3 is 2.52 bits per heavy atom. The highest BCUT2D eigenvalue weighted by Gasteiger charge is 2.30. The standard InChI is InChI=1S/C23H34N4O3S/c1-15-20-14-21(31-23(20)27(25-15)18-8-12-30-13-9-18)22(29)24-16-2-4-17(5-3-16)26-10-6-19(28)7-11-26/h14,16-19,28H,2-13H2,1H3,(H,24,29). The first-order valence-corrected chi connectivity index (χ1v) is 12.7. The number of likely N-dealkylation sites (tertiary alicyclic amines) is 1. The average Bonchev–Trinajstić information content (AvgIpc) is 3.36. The maximum absolute atomic E-state index is 13.0. The van der Waals surface area contributed by atoms with E-state index in [4.69, 9.17) is 9.84 Å². The number of thiophene rings is 1. The molecule has 3 aliphatic rings. The highest BCUT2D eigenvalue weighted by atomic mass is 32.1. The Kier molecular flexibility index (Phi) is 6.32. The molecule has 1 amide bonds. The van der Waals surface area contributed by atoms with E-state index in [1.807, 2.05) is 13.0 Å². The molecule has 5 rings (SSSR count). The lowest BCUT2D eigenvalue weighted by Gasteiger charge is -2.40. The van der Waals surface area contributed by atoms with E-state index >= 15 is 0 Å². The molecule has 2 aliphatic heterocycles. The van der Waals surface area contributed by atoms with Crippen molar-refractivity contribution in [2.75, 3.05) is 26.3 Å². The molecule has 0 spiro atoms. The minimum absolute atomic E-state index is 0.0590. The number of piperidine rings is 1. The number of amides is 1. The summed E-state index contributed by atoms with van der Waals surface area (Å²) in [5, 5.41) is 18.9. The Labute approximate surface area is 187 Å². The number of ether oxygens (including phenoxy) is 1. The Morgan fingerprint density at radius 1 is 1.10 bits per heavy atom. The molecule has 0 atom stereocenters. The molecule has 0 radical (unpaired) electrons. The number of carbonyl (C=O) groups is 1. The van der Waals surface area contributed by atoms with E-state index in [2.05, 4.69) is 14.9 Å². The number of aryl methyl sites for hydroxylation is 1. The van der Waals surface area contributed by atoms with Gasteiger partial charge in [-0.25, -0.2) is 0 Å². The van der Waals surface area contributed by atoms with Gasteiger partial charge in [-0.3, -0.25) is 9.48 Å². The SMILES string of the molecule is Cc1nn(C2CCOCC2)c2sc(C(=O)NC3CCC(N4CCC(O)CC4)CC3)cc12. The number of nitrogens with one attached hydrogen (secondary N) is 1. The Bertz CT molecular complexity index is 903. The van der Waals surface area contributed by atoms with Crippen molar-refractivity contribution in [1.29, 1.82) is 0 Å². The number of aromatic nitrogens is 2. The van der Waals surface area contributed by atoms with Crippen LogP contribution in [0.2, 0.25) is 0 Å². The van der Waals surface area contributed by atoms with E-state index in [9.17, 15) is 9.90 Å². The predicted molar refractivity (Wildman–Crippen MR) is 122 cm³/mol.